The second-order valence-electron chi connectivity index (χ2n) is 7.90. The van der Waals surface area contributed by atoms with Crippen molar-refractivity contribution in [3.63, 3.8) is 0 Å². The normalized spacial score (nSPS) is 14.2. The van der Waals surface area contributed by atoms with E-state index >= 15 is 0 Å². The number of nitrogens with zero attached hydrogens (tertiary/aromatic N) is 1. The van der Waals surface area contributed by atoms with Gasteiger partial charge in [-0.1, -0.05) is 18.2 Å². The van der Waals surface area contributed by atoms with Crippen molar-refractivity contribution in [2.75, 3.05) is 24.4 Å². The van der Waals surface area contributed by atoms with E-state index in [1.54, 1.807) is 31.2 Å². The van der Waals surface area contributed by atoms with Gasteiger partial charge in [-0.2, -0.15) is 0 Å². The summed E-state index contributed by atoms with van der Waals surface area (Å²) in [5.41, 5.74) is 2.33. The lowest BCUT2D eigenvalue weighted by molar-refractivity contribution is -0.131. The van der Waals surface area contributed by atoms with E-state index in [4.69, 9.17) is 0 Å². The van der Waals surface area contributed by atoms with Gasteiger partial charge < -0.3 is 10.2 Å². The molecular weight excluding hydrogens is 414 g/mol. The Morgan fingerprint density at radius 3 is 2.45 bits per heavy atom. The molecule has 0 spiro atoms. The molecule has 1 saturated heterocycles. The molecule has 166 valence electrons. The number of amides is 2. The van der Waals surface area contributed by atoms with E-state index in [2.05, 4.69) is 10.0 Å². The molecule has 0 aliphatic carbocycles. The summed E-state index contributed by atoms with van der Waals surface area (Å²) in [5, 5.41) is 2.74. The molecule has 1 aliphatic heterocycles. The van der Waals surface area contributed by atoms with E-state index in [0.29, 0.717) is 11.3 Å². The summed E-state index contributed by atoms with van der Waals surface area (Å²) in [7, 11) is -3.84. The topological polar surface area (TPSA) is 95.6 Å². The zero-order chi connectivity index (χ0) is 22.4. The SMILES string of the molecule is Cc1cccc(NS(=O)(=O)c2ccc(C)c(C(=O)NCCC(=O)N3CCCCC3)c2)c1. The van der Waals surface area contributed by atoms with Crippen molar-refractivity contribution in [2.24, 2.45) is 0 Å². The van der Waals surface area contributed by atoms with Crippen molar-refractivity contribution in [2.45, 2.75) is 44.4 Å². The van der Waals surface area contributed by atoms with Crippen LogP contribution in [-0.4, -0.2) is 44.8 Å². The Kier molecular flexibility index (Phi) is 7.33. The predicted molar refractivity (Wildman–Crippen MR) is 121 cm³/mol. The molecule has 0 atom stereocenters. The van der Waals surface area contributed by atoms with E-state index in [9.17, 15) is 18.0 Å². The highest BCUT2D eigenvalue weighted by molar-refractivity contribution is 7.92. The van der Waals surface area contributed by atoms with Gasteiger partial charge in [0.15, 0.2) is 0 Å². The molecule has 0 unspecified atom stereocenters. The van der Waals surface area contributed by atoms with Gasteiger partial charge in [0.1, 0.15) is 0 Å². The first kappa shape index (κ1) is 22.8. The summed E-state index contributed by atoms with van der Waals surface area (Å²) in [5.74, 6) is -0.355. The molecule has 8 heteroatoms. The minimum absolute atomic E-state index is 0.00847. The molecule has 1 heterocycles. The number of sulfonamides is 1. The van der Waals surface area contributed by atoms with Gasteiger partial charge in [-0.05, 0) is 68.5 Å². The molecule has 2 N–H and O–H groups in total. The van der Waals surface area contributed by atoms with Crippen molar-refractivity contribution >= 4 is 27.5 Å². The van der Waals surface area contributed by atoms with Gasteiger partial charge >= 0.3 is 0 Å². The lowest BCUT2D eigenvalue weighted by atomic mass is 10.1. The highest BCUT2D eigenvalue weighted by Crippen LogP contribution is 2.20. The first-order valence-electron chi connectivity index (χ1n) is 10.5. The van der Waals surface area contributed by atoms with Crippen LogP contribution in [0.15, 0.2) is 47.4 Å². The number of hydrogen-bond donors (Lipinski definition) is 2. The van der Waals surface area contributed by atoms with Crippen molar-refractivity contribution in [1.82, 2.24) is 10.2 Å². The molecule has 0 aromatic heterocycles. The van der Waals surface area contributed by atoms with Crippen LogP contribution in [-0.2, 0) is 14.8 Å². The van der Waals surface area contributed by atoms with Gasteiger partial charge in [0.2, 0.25) is 5.91 Å². The predicted octanol–water partition coefficient (Wildman–Crippen LogP) is 3.24. The maximum Gasteiger partial charge on any atom is 0.261 e. The van der Waals surface area contributed by atoms with Crippen LogP contribution in [0.2, 0.25) is 0 Å². The zero-order valence-electron chi connectivity index (χ0n) is 18.0. The third-order valence-corrected chi connectivity index (χ3v) is 6.75. The number of piperidine rings is 1. The first-order chi connectivity index (χ1) is 14.8. The fraction of sp³-hybridized carbons (Fsp3) is 0.391. The Hall–Kier alpha value is -2.87. The lowest BCUT2D eigenvalue weighted by Crippen LogP contribution is -2.37. The Morgan fingerprint density at radius 2 is 1.74 bits per heavy atom. The van der Waals surface area contributed by atoms with Crippen LogP contribution in [0.4, 0.5) is 5.69 Å². The Bertz CT molecular complexity index is 1060. The maximum atomic E-state index is 12.8. The third kappa shape index (κ3) is 6.07. The van der Waals surface area contributed by atoms with Gasteiger partial charge in [0.05, 0.1) is 4.90 Å². The average Bonchev–Trinajstić information content (AvgIpc) is 2.74. The number of carbonyl (C=O) groups is 2. The monoisotopic (exact) mass is 443 g/mol. The number of anilines is 1. The van der Waals surface area contributed by atoms with Crippen molar-refractivity contribution in [3.05, 3.63) is 59.2 Å². The second-order valence-corrected chi connectivity index (χ2v) is 9.58. The molecule has 1 fully saturated rings. The minimum atomic E-state index is -3.84. The second kappa shape index (κ2) is 9.96. The van der Waals surface area contributed by atoms with Crippen molar-refractivity contribution < 1.29 is 18.0 Å². The van der Waals surface area contributed by atoms with Crippen LogP contribution in [0.3, 0.4) is 0 Å². The quantitative estimate of drug-likeness (QED) is 0.687. The summed E-state index contributed by atoms with van der Waals surface area (Å²) in [6, 6.07) is 11.5. The van der Waals surface area contributed by atoms with Crippen molar-refractivity contribution in [3.8, 4) is 0 Å². The molecule has 3 rings (SSSR count). The summed E-state index contributed by atoms with van der Waals surface area (Å²) in [6.45, 7) is 5.39. The van der Waals surface area contributed by atoms with E-state index in [1.165, 1.54) is 12.1 Å². The van der Waals surface area contributed by atoms with Gasteiger partial charge in [-0.3, -0.25) is 14.3 Å². The number of rotatable bonds is 7. The number of nitrogens with one attached hydrogen (secondary N) is 2. The number of hydrogen-bond acceptors (Lipinski definition) is 4. The lowest BCUT2D eigenvalue weighted by Gasteiger charge is -2.26. The molecule has 7 nitrogen and oxygen atoms in total. The van der Waals surface area contributed by atoms with Crippen LogP contribution < -0.4 is 10.0 Å². The minimum Gasteiger partial charge on any atom is -0.352 e. The molecule has 0 radical (unpaired) electrons. The molecule has 1 aliphatic rings. The molecular formula is C23H29N3O4S. The average molecular weight is 444 g/mol. The Balaban J connectivity index is 1.65. The molecule has 2 aromatic rings. The standard InChI is InChI=1S/C23H29N3O4S/c1-17-7-6-8-19(15-17)25-31(29,30)20-10-9-18(2)21(16-20)23(28)24-12-11-22(27)26-13-4-3-5-14-26/h6-10,15-16,25H,3-5,11-14H2,1-2H3,(H,24,28). The smallest absolute Gasteiger partial charge is 0.261 e. The van der Waals surface area contributed by atoms with E-state index in [1.807, 2.05) is 17.9 Å². The van der Waals surface area contributed by atoms with Crippen LogP contribution in [0.1, 0.15) is 47.2 Å². The Labute approximate surface area is 183 Å². The van der Waals surface area contributed by atoms with Gasteiger partial charge in [0.25, 0.3) is 15.9 Å². The number of aryl methyl sites for hydroxylation is 2. The van der Waals surface area contributed by atoms with Gasteiger partial charge in [0, 0.05) is 37.3 Å². The van der Waals surface area contributed by atoms with Crippen LogP contribution in [0.25, 0.3) is 0 Å². The highest BCUT2D eigenvalue weighted by Gasteiger charge is 2.20. The summed E-state index contributed by atoms with van der Waals surface area (Å²) in [4.78, 5) is 26.8. The van der Waals surface area contributed by atoms with E-state index in [-0.39, 0.29) is 29.3 Å². The van der Waals surface area contributed by atoms with E-state index in [0.717, 1.165) is 37.9 Å². The Morgan fingerprint density at radius 1 is 1.00 bits per heavy atom. The van der Waals surface area contributed by atoms with Crippen LogP contribution in [0.5, 0.6) is 0 Å². The maximum absolute atomic E-state index is 12.8. The number of benzene rings is 2. The molecule has 0 bridgehead atoms. The molecule has 31 heavy (non-hydrogen) atoms. The number of carbonyl (C=O) groups excluding carboxylic acids is 2. The van der Waals surface area contributed by atoms with Gasteiger partial charge in [-0.25, -0.2) is 8.42 Å². The fourth-order valence-corrected chi connectivity index (χ4v) is 4.69. The third-order valence-electron chi connectivity index (χ3n) is 5.37. The van der Waals surface area contributed by atoms with Crippen LogP contribution >= 0.6 is 0 Å². The molecule has 2 amide bonds. The summed E-state index contributed by atoms with van der Waals surface area (Å²) >= 11 is 0. The first-order valence-corrected chi connectivity index (χ1v) is 12.0. The molecule has 0 saturated carbocycles. The zero-order valence-corrected chi connectivity index (χ0v) is 18.8. The highest BCUT2D eigenvalue weighted by atomic mass is 32.2. The van der Waals surface area contributed by atoms with Gasteiger partial charge in [-0.15, -0.1) is 0 Å². The summed E-state index contributed by atoms with van der Waals surface area (Å²) < 4.78 is 28.1. The molecule has 2 aromatic carbocycles. The fourth-order valence-electron chi connectivity index (χ4n) is 3.62. The van der Waals surface area contributed by atoms with E-state index < -0.39 is 15.9 Å². The largest absolute Gasteiger partial charge is 0.352 e. The van der Waals surface area contributed by atoms with Crippen molar-refractivity contribution in [1.29, 1.82) is 0 Å². The number of likely N-dealkylation sites (tertiary alicyclic amines) is 1. The van der Waals surface area contributed by atoms with Crippen LogP contribution in [0, 0.1) is 13.8 Å². The summed E-state index contributed by atoms with van der Waals surface area (Å²) in [6.07, 6.45) is 3.43.